The van der Waals surface area contributed by atoms with Crippen LogP contribution in [0.4, 0.5) is 0 Å². The fourth-order valence-corrected chi connectivity index (χ4v) is 8.21. The van der Waals surface area contributed by atoms with Crippen LogP contribution >= 0.6 is 0 Å². The highest BCUT2D eigenvalue weighted by Crippen LogP contribution is 2.42. The van der Waals surface area contributed by atoms with Gasteiger partial charge in [-0.2, -0.15) is 0 Å². The number of rotatable bonds is 8. The summed E-state index contributed by atoms with van der Waals surface area (Å²) in [5, 5.41) is 0. The Morgan fingerprint density at radius 2 is 1.58 bits per heavy atom. The van der Waals surface area contributed by atoms with Crippen molar-refractivity contribution in [2.45, 2.75) is 77.0 Å². The number of carbonyl (C=O) groups excluding carboxylic acids is 1. The van der Waals surface area contributed by atoms with Gasteiger partial charge in [-0.05, 0) is 23.0 Å². The summed E-state index contributed by atoms with van der Waals surface area (Å²) in [6, 6.07) is -0.124. The molecule has 2 N–H and O–H groups in total. The van der Waals surface area contributed by atoms with Crippen LogP contribution in [0.5, 0.6) is 0 Å². The van der Waals surface area contributed by atoms with Gasteiger partial charge in [0.2, 0.25) is 0 Å². The van der Waals surface area contributed by atoms with Gasteiger partial charge in [-0.3, -0.25) is 4.79 Å². The van der Waals surface area contributed by atoms with Gasteiger partial charge in [0.15, 0.2) is 0 Å². The van der Waals surface area contributed by atoms with Crippen LogP contribution in [0.3, 0.4) is 0 Å². The number of nitrogens with two attached hydrogens (primary N) is 1. The first-order valence-electron chi connectivity index (χ1n) is 7.28. The van der Waals surface area contributed by atoms with Crippen LogP contribution in [-0.4, -0.2) is 20.3 Å². The maximum Gasteiger partial charge on any atom is 0.292 e. The minimum absolute atomic E-state index is 0.0972. The quantitative estimate of drug-likeness (QED) is 0.542. The van der Waals surface area contributed by atoms with E-state index >= 15 is 0 Å². The summed E-state index contributed by atoms with van der Waals surface area (Å²) >= 11 is 0. The Morgan fingerprint density at radius 1 is 1.16 bits per heavy atom. The Bertz CT molecular complexity index is 279. The van der Waals surface area contributed by atoms with Gasteiger partial charge in [0.25, 0.3) is 14.3 Å². The van der Waals surface area contributed by atoms with E-state index < -0.39 is 8.32 Å². The number of hydrogen-bond donors (Lipinski definition) is 1. The van der Waals surface area contributed by atoms with Crippen LogP contribution in [0.15, 0.2) is 12.7 Å². The van der Waals surface area contributed by atoms with Gasteiger partial charge in [0, 0.05) is 12.5 Å². The largest absolute Gasteiger partial charge is 0.518 e. The lowest BCUT2D eigenvalue weighted by atomic mass is 10.2. The molecule has 1 unspecified atom stereocenters. The van der Waals surface area contributed by atoms with Gasteiger partial charge in [0.1, 0.15) is 0 Å². The van der Waals surface area contributed by atoms with E-state index in [9.17, 15) is 4.79 Å². The van der Waals surface area contributed by atoms with Crippen LogP contribution in [0.1, 0.15) is 54.4 Å². The minimum atomic E-state index is -2.09. The summed E-state index contributed by atoms with van der Waals surface area (Å²) in [6.07, 6.45) is 2.67. The second-order valence-corrected chi connectivity index (χ2v) is 11.6. The highest BCUT2D eigenvalue weighted by atomic mass is 28.4. The highest BCUT2D eigenvalue weighted by Gasteiger charge is 2.47. The predicted molar refractivity (Wildman–Crippen MR) is 84.5 cm³/mol. The Kier molecular flexibility index (Phi) is 7.60. The maximum atomic E-state index is 12.1. The standard InChI is InChI=1S/C15H31NO2Si/c1-8-14(16)9-10-15(17)18-19(11(2)3,12(4)5)13(6)7/h8,11-14H,1,9-10,16H2,2-7H3. The first kappa shape index (κ1) is 18.4. The fraction of sp³-hybridized carbons (Fsp3) is 0.800. The molecular weight excluding hydrogens is 254 g/mol. The molecule has 0 spiro atoms. The summed E-state index contributed by atoms with van der Waals surface area (Å²) in [6.45, 7) is 16.7. The molecule has 0 saturated heterocycles. The topological polar surface area (TPSA) is 52.3 Å². The minimum Gasteiger partial charge on any atom is -0.518 e. The molecule has 3 nitrogen and oxygen atoms in total. The number of hydrogen-bond acceptors (Lipinski definition) is 3. The Labute approximate surface area is 119 Å². The smallest absolute Gasteiger partial charge is 0.292 e. The van der Waals surface area contributed by atoms with Crippen LogP contribution in [0.2, 0.25) is 16.6 Å². The van der Waals surface area contributed by atoms with Crippen LogP contribution in [0, 0.1) is 0 Å². The van der Waals surface area contributed by atoms with Crippen molar-refractivity contribution < 1.29 is 9.22 Å². The number of carbonyl (C=O) groups is 1. The monoisotopic (exact) mass is 285 g/mol. The van der Waals surface area contributed by atoms with E-state index in [4.69, 9.17) is 10.2 Å². The molecule has 0 saturated carbocycles. The second-order valence-electron chi connectivity index (χ2n) is 6.23. The predicted octanol–water partition coefficient (Wildman–Crippen LogP) is 4.00. The first-order chi connectivity index (χ1) is 8.68. The normalized spacial score (nSPS) is 14.0. The second kappa shape index (κ2) is 7.85. The van der Waals surface area contributed by atoms with Crippen molar-refractivity contribution in [1.82, 2.24) is 0 Å². The SMILES string of the molecule is C=CC(N)CCC(=O)O[Si](C(C)C)(C(C)C)C(C)C. The molecule has 1 atom stereocenters. The van der Waals surface area contributed by atoms with Crippen LogP contribution in [0.25, 0.3) is 0 Å². The van der Waals surface area contributed by atoms with Gasteiger partial charge in [-0.1, -0.05) is 47.6 Å². The lowest BCUT2D eigenvalue weighted by Gasteiger charge is -2.41. The van der Waals surface area contributed by atoms with E-state index in [2.05, 4.69) is 48.1 Å². The summed E-state index contributed by atoms with van der Waals surface area (Å²) in [7, 11) is -2.09. The van der Waals surface area contributed by atoms with Crippen molar-refractivity contribution in [1.29, 1.82) is 0 Å². The van der Waals surface area contributed by atoms with E-state index in [0.29, 0.717) is 29.5 Å². The lowest BCUT2D eigenvalue weighted by molar-refractivity contribution is -0.135. The van der Waals surface area contributed by atoms with Crippen LogP contribution < -0.4 is 5.73 Å². The molecule has 0 aliphatic carbocycles. The first-order valence-corrected chi connectivity index (χ1v) is 9.42. The molecule has 4 heteroatoms. The molecule has 0 rings (SSSR count). The van der Waals surface area contributed by atoms with E-state index in [1.807, 2.05) is 0 Å². The fourth-order valence-electron chi connectivity index (χ4n) is 3.00. The van der Waals surface area contributed by atoms with Crippen LogP contribution in [-0.2, 0) is 9.22 Å². The van der Waals surface area contributed by atoms with E-state index in [-0.39, 0.29) is 12.0 Å². The Balaban J connectivity index is 4.83. The van der Waals surface area contributed by atoms with Crippen molar-refractivity contribution in [2.24, 2.45) is 5.73 Å². The average Bonchev–Trinajstić information content (AvgIpc) is 2.31. The van der Waals surface area contributed by atoms with Crippen molar-refractivity contribution in [3.8, 4) is 0 Å². The molecule has 19 heavy (non-hydrogen) atoms. The molecule has 0 aliphatic heterocycles. The summed E-state index contributed by atoms with van der Waals surface area (Å²) < 4.78 is 6.03. The Morgan fingerprint density at radius 3 is 1.89 bits per heavy atom. The molecule has 0 aliphatic rings. The van der Waals surface area contributed by atoms with Gasteiger partial charge in [-0.15, -0.1) is 6.58 Å². The third kappa shape index (κ3) is 4.77. The van der Waals surface area contributed by atoms with Crippen molar-refractivity contribution >= 4 is 14.3 Å². The zero-order valence-corrected chi connectivity index (χ0v) is 14.4. The van der Waals surface area contributed by atoms with Gasteiger partial charge in [-0.25, -0.2) is 0 Å². The summed E-state index contributed by atoms with van der Waals surface area (Å²) in [5.74, 6) is -0.0972. The molecule has 0 bridgehead atoms. The molecule has 0 radical (unpaired) electrons. The lowest BCUT2D eigenvalue weighted by Crippen LogP contribution is -2.49. The van der Waals surface area contributed by atoms with Gasteiger partial charge >= 0.3 is 0 Å². The third-order valence-electron chi connectivity index (χ3n) is 3.98. The molecule has 0 aromatic heterocycles. The molecule has 0 fully saturated rings. The zero-order chi connectivity index (χ0) is 15.2. The molecule has 0 amide bonds. The van der Waals surface area contributed by atoms with E-state index in [1.165, 1.54) is 0 Å². The maximum absolute atomic E-state index is 12.1. The third-order valence-corrected chi connectivity index (χ3v) is 9.98. The van der Waals surface area contributed by atoms with Crippen molar-refractivity contribution in [3.63, 3.8) is 0 Å². The highest BCUT2D eigenvalue weighted by molar-refractivity contribution is 6.78. The zero-order valence-electron chi connectivity index (χ0n) is 13.4. The molecule has 0 heterocycles. The molecule has 112 valence electrons. The van der Waals surface area contributed by atoms with Gasteiger partial charge in [0.05, 0.1) is 0 Å². The van der Waals surface area contributed by atoms with Crippen molar-refractivity contribution in [3.05, 3.63) is 12.7 Å². The molecule has 0 aromatic carbocycles. The van der Waals surface area contributed by atoms with Gasteiger partial charge < -0.3 is 10.2 Å². The van der Waals surface area contributed by atoms with E-state index in [0.717, 1.165) is 0 Å². The summed E-state index contributed by atoms with van der Waals surface area (Å²) in [4.78, 5) is 12.1. The van der Waals surface area contributed by atoms with Crippen molar-refractivity contribution in [2.75, 3.05) is 0 Å². The Hall–Kier alpha value is -0.613. The summed E-state index contributed by atoms with van der Waals surface area (Å²) in [5.41, 5.74) is 7.01. The molecular formula is C15H31NO2Si. The average molecular weight is 286 g/mol. The molecule has 0 aromatic rings. The van der Waals surface area contributed by atoms with E-state index in [1.54, 1.807) is 6.08 Å².